The Morgan fingerprint density at radius 2 is 1.89 bits per heavy atom. The van der Waals surface area contributed by atoms with Gasteiger partial charge in [-0.1, -0.05) is 11.6 Å². The maximum atomic E-state index is 11.6. The van der Waals surface area contributed by atoms with Crippen LogP contribution in [0.5, 0.6) is 0 Å². The van der Waals surface area contributed by atoms with Crippen molar-refractivity contribution in [3.8, 4) is 0 Å². The first-order chi connectivity index (χ1) is 8.50. The highest BCUT2D eigenvalue weighted by Gasteiger charge is 2.07. The molecule has 1 aromatic rings. The molecule has 2 N–H and O–H groups in total. The van der Waals surface area contributed by atoms with Gasteiger partial charge in [-0.2, -0.15) is 0 Å². The van der Waals surface area contributed by atoms with Gasteiger partial charge in [0, 0.05) is 27.2 Å². The van der Waals surface area contributed by atoms with Crippen LogP contribution in [-0.2, 0) is 0 Å². The minimum Gasteiger partial charge on any atom is -0.349 e. The first kappa shape index (κ1) is 14.2. The summed E-state index contributed by atoms with van der Waals surface area (Å²) in [5, 5.41) is 12.6. The van der Waals surface area contributed by atoms with Crippen molar-refractivity contribution in [2.45, 2.75) is 0 Å². The lowest BCUT2D eigenvalue weighted by atomic mass is 10.3. The number of aromatic nitrogens is 2. The second-order valence-electron chi connectivity index (χ2n) is 3.62. The Bertz CT molecular complexity index is 421. The van der Waals surface area contributed by atoms with Crippen molar-refractivity contribution < 1.29 is 9.59 Å². The third kappa shape index (κ3) is 4.54. The molecule has 18 heavy (non-hydrogen) atoms. The zero-order valence-corrected chi connectivity index (χ0v) is 10.9. The minimum atomic E-state index is -0.363. The number of hydrogen-bond acceptors (Lipinski definition) is 4. The fraction of sp³-hybridized carbons (Fsp3) is 0.400. The molecule has 1 rings (SSSR count). The molecular formula is C10H14ClN5O2. The summed E-state index contributed by atoms with van der Waals surface area (Å²) in [5.74, 6) is -0.363. The van der Waals surface area contributed by atoms with E-state index < -0.39 is 0 Å². The lowest BCUT2D eigenvalue weighted by Gasteiger charge is -2.11. The highest BCUT2D eigenvalue weighted by molar-refractivity contribution is 6.29. The number of halogens is 1. The van der Waals surface area contributed by atoms with Crippen molar-refractivity contribution in [3.05, 3.63) is 23.0 Å². The van der Waals surface area contributed by atoms with Crippen LogP contribution in [0.3, 0.4) is 0 Å². The number of urea groups is 1. The van der Waals surface area contributed by atoms with Gasteiger partial charge in [-0.3, -0.25) is 4.79 Å². The Balaban J connectivity index is 2.29. The van der Waals surface area contributed by atoms with Crippen molar-refractivity contribution in [1.29, 1.82) is 0 Å². The van der Waals surface area contributed by atoms with Gasteiger partial charge in [0.15, 0.2) is 10.8 Å². The number of carbonyl (C=O) groups excluding carboxylic acids is 2. The third-order valence-electron chi connectivity index (χ3n) is 1.96. The Morgan fingerprint density at radius 1 is 1.22 bits per heavy atom. The van der Waals surface area contributed by atoms with E-state index in [0.717, 1.165) is 0 Å². The van der Waals surface area contributed by atoms with Gasteiger partial charge in [0.1, 0.15) is 0 Å². The van der Waals surface area contributed by atoms with E-state index in [1.165, 1.54) is 17.0 Å². The summed E-state index contributed by atoms with van der Waals surface area (Å²) < 4.78 is 0. The maximum Gasteiger partial charge on any atom is 0.316 e. The fourth-order valence-corrected chi connectivity index (χ4v) is 1.13. The Labute approximate surface area is 110 Å². The summed E-state index contributed by atoms with van der Waals surface area (Å²) in [6, 6.07) is 2.75. The predicted octanol–water partition coefficient (Wildman–Crippen LogP) is 0.131. The summed E-state index contributed by atoms with van der Waals surface area (Å²) in [5.41, 5.74) is 0.179. The van der Waals surface area contributed by atoms with Crippen molar-refractivity contribution in [3.63, 3.8) is 0 Å². The molecule has 7 nitrogen and oxygen atoms in total. The number of nitrogens with zero attached hydrogens (tertiary/aromatic N) is 3. The molecule has 0 aliphatic carbocycles. The quantitative estimate of drug-likeness (QED) is 0.762. The number of carbonyl (C=O) groups is 2. The van der Waals surface area contributed by atoms with Crippen LogP contribution >= 0.6 is 11.6 Å². The van der Waals surface area contributed by atoms with Crippen molar-refractivity contribution in [2.24, 2.45) is 0 Å². The second-order valence-corrected chi connectivity index (χ2v) is 4.01. The molecule has 8 heteroatoms. The summed E-state index contributed by atoms with van der Waals surface area (Å²) in [7, 11) is 3.27. The lowest BCUT2D eigenvalue weighted by Crippen LogP contribution is -2.39. The van der Waals surface area contributed by atoms with Gasteiger partial charge in [-0.05, 0) is 12.1 Å². The molecule has 0 aromatic carbocycles. The molecule has 0 unspecified atom stereocenters. The zero-order chi connectivity index (χ0) is 13.5. The van der Waals surface area contributed by atoms with Crippen molar-refractivity contribution >= 4 is 23.5 Å². The standard InChI is InChI=1S/C10H14ClN5O2/c1-16(2)10(18)13-6-5-12-9(17)7-3-4-8(11)15-14-7/h3-4H,5-6H2,1-2H3,(H,12,17)(H,13,18). The number of hydrogen-bond donors (Lipinski definition) is 2. The van der Waals surface area contributed by atoms with Crippen LogP contribution in [0.4, 0.5) is 4.79 Å². The summed E-state index contributed by atoms with van der Waals surface area (Å²) in [6.07, 6.45) is 0. The van der Waals surface area contributed by atoms with E-state index in [9.17, 15) is 9.59 Å². The van der Waals surface area contributed by atoms with E-state index in [1.807, 2.05) is 0 Å². The second kappa shape index (κ2) is 6.75. The molecular weight excluding hydrogens is 258 g/mol. The highest BCUT2D eigenvalue weighted by atomic mass is 35.5. The Hall–Kier alpha value is -1.89. The van der Waals surface area contributed by atoms with Crippen molar-refractivity contribution in [1.82, 2.24) is 25.7 Å². The third-order valence-corrected chi connectivity index (χ3v) is 2.16. The molecule has 0 saturated heterocycles. The molecule has 1 aromatic heterocycles. The number of nitrogens with one attached hydrogen (secondary N) is 2. The molecule has 0 spiro atoms. The van der Waals surface area contributed by atoms with Crippen LogP contribution in [0, 0.1) is 0 Å². The maximum absolute atomic E-state index is 11.6. The first-order valence-corrected chi connectivity index (χ1v) is 5.61. The molecule has 0 aliphatic heterocycles. The minimum absolute atomic E-state index is 0.179. The van der Waals surface area contributed by atoms with E-state index in [2.05, 4.69) is 20.8 Å². The molecule has 0 aliphatic rings. The van der Waals surface area contributed by atoms with Gasteiger partial charge in [-0.15, -0.1) is 10.2 Å². The van der Waals surface area contributed by atoms with E-state index in [1.54, 1.807) is 14.1 Å². The van der Waals surface area contributed by atoms with Crippen LogP contribution in [-0.4, -0.2) is 54.2 Å². The molecule has 0 saturated carbocycles. The normalized spacial score (nSPS) is 9.72. The molecule has 0 bridgehead atoms. The van der Waals surface area contributed by atoms with Crippen molar-refractivity contribution in [2.75, 3.05) is 27.2 Å². The highest BCUT2D eigenvalue weighted by Crippen LogP contribution is 2.01. The Morgan fingerprint density at radius 3 is 2.44 bits per heavy atom. The van der Waals surface area contributed by atoms with Crippen LogP contribution in [0.1, 0.15) is 10.5 Å². The molecule has 3 amide bonds. The summed E-state index contributed by atoms with van der Waals surface area (Å²) in [4.78, 5) is 24.1. The van der Waals surface area contributed by atoms with E-state index in [4.69, 9.17) is 11.6 Å². The molecule has 0 atom stereocenters. The van der Waals surface area contributed by atoms with Gasteiger partial charge in [0.25, 0.3) is 5.91 Å². The topological polar surface area (TPSA) is 87.2 Å². The monoisotopic (exact) mass is 271 g/mol. The average Bonchev–Trinajstić information content (AvgIpc) is 2.34. The molecule has 98 valence electrons. The molecule has 0 fully saturated rings. The molecule has 1 heterocycles. The average molecular weight is 272 g/mol. The summed E-state index contributed by atoms with van der Waals surface area (Å²) in [6.45, 7) is 0.645. The first-order valence-electron chi connectivity index (χ1n) is 5.23. The van der Waals surface area contributed by atoms with Gasteiger partial charge < -0.3 is 15.5 Å². The summed E-state index contributed by atoms with van der Waals surface area (Å²) >= 11 is 5.55. The lowest BCUT2D eigenvalue weighted by molar-refractivity contribution is 0.0947. The van der Waals surface area contributed by atoms with Crippen LogP contribution < -0.4 is 10.6 Å². The zero-order valence-electron chi connectivity index (χ0n) is 10.1. The number of rotatable bonds is 4. The molecule has 0 radical (unpaired) electrons. The SMILES string of the molecule is CN(C)C(=O)NCCNC(=O)c1ccc(Cl)nn1. The number of amides is 3. The van der Waals surface area contributed by atoms with Gasteiger partial charge in [0.05, 0.1) is 0 Å². The van der Waals surface area contributed by atoms with Gasteiger partial charge in [0.2, 0.25) is 0 Å². The van der Waals surface area contributed by atoms with E-state index in [0.29, 0.717) is 13.1 Å². The largest absolute Gasteiger partial charge is 0.349 e. The van der Waals surface area contributed by atoms with Crippen LogP contribution in [0.15, 0.2) is 12.1 Å². The predicted molar refractivity (Wildman–Crippen MR) is 66.5 cm³/mol. The Kier molecular flexibility index (Phi) is 5.31. The van der Waals surface area contributed by atoms with Gasteiger partial charge >= 0.3 is 6.03 Å². The van der Waals surface area contributed by atoms with E-state index in [-0.39, 0.29) is 22.8 Å². The smallest absolute Gasteiger partial charge is 0.316 e. The van der Waals surface area contributed by atoms with E-state index >= 15 is 0 Å². The fourth-order valence-electron chi connectivity index (χ4n) is 1.03. The van der Waals surface area contributed by atoms with Crippen LogP contribution in [0.25, 0.3) is 0 Å². The van der Waals surface area contributed by atoms with Gasteiger partial charge in [-0.25, -0.2) is 4.79 Å². The van der Waals surface area contributed by atoms with Crippen LogP contribution in [0.2, 0.25) is 5.15 Å².